The van der Waals surface area contributed by atoms with Crippen LogP contribution in [-0.2, 0) is 4.74 Å². The Bertz CT molecular complexity index is 237. The molecule has 0 N–H and O–H groups in total. The summed E-state index contributed by atoms with van der Waals surface area (Å²) in [5.74, 6) is 0. The van der Waals surface area contributed by atoms with Gasteiger partial charge in [-0.2, -0.15) is 0 Å². The van der Waals surface area contributed by atoms with Crippen molar-refractivity contribution in [1.82, 2.24) is 4.90 Å². The number of ether oxygens (including phenoxy) is 1. The van der Waals surface area contributed by atoms with Gasteiger partial charge in [-0.25, -0.2) is 0 Å². The van der Waals surface area contributed by atoms with Gasteiger partial charge in [0.05, 0.1) is 12.7 Å². The van der Waals surface area contributed by atoms with Crippen LogP contribution in [0, 0.1) is 0 Å². The summed E-state index contributed by atoms with van der Waals surface area (Å²) in [5.41, 5.74) is 1.71. The van der Waals surface area contributed by atoms with Crippen molar-refractivity contribution < 1.29 is 4.74 Å². The lowest BCUT2D eigenvalue weighted by Gasteiger charge is -2.32. The lowest BCUT2D eigenvalue weighted by molar-refractivity contribution is 0.00329. The number of rotatable bonds is 3. The Labute approximate surface area is 101 Å². The first kappa shape index (κ1) is 13.7. The molecule has 2 rings (SSSR count). The molecule has 2 aliphatic rings. The van der Waals surface area contributed by atoms with Crippen LogP contribution in [0.1, 0.15) is 47.0 Å². The third kappa shape index (κ3) is 2.86. The average molecular weight is 225 g/mol. The largest absolute Gasteiger partial charge is 0.377 e. The van der Waals surface area contributed by atoms with Gasteiger partial charge in [-0.05, 0) is 39.7 Å². The van der Waals surface area contributed by atoms with Crippen LogP contribution in [0.15, 0.2) is 12.2 Å². The van der Waals surface area contributed by atoms with Crippen molar-refractivity contribution in [3.63, 3.8) is 0 Å². The fraction of sp³-hybridized carbons (Fsp3) is 0.857. The maximum atomic E-state index is 5.80. The van der Waals surface area contributed by atoms with Gasteiger partial charge in [-0.3, -0.25) is 4.90 Å². The van der Waals surface area contributed by atoms with Gasteiger partial charge < -0.3 is 4.74 Å². The second-order valence-electron chi connectivity index (χ2n) is 5.04. The molecule has 0 aliphatic carbocycles. The highest BCUT2D eigenvalue weighted by atomic mass is 16.5. The molecule has 2 saturated heterocycles. The topological polar surface area (TPSA) is 12.5 Å². The SMILES string of the molecule is C=C1CN2CCCC2(COC(C)C)C1.CC. The Kier molecular flexibility index (Phi) is 5.00. The van der Waals surface area contributed by atoms with E-state index in [2.05, 4.69) is 25.3 Å². The van der Waals surface area contributed by atoms with Crippen LogP contribution >= 0.6 is 0 Å². The molecule has 16 heavy (non-hydrogen) atoms. The van der Waals surface area contributed by atoms with E-state index in [0.717, 1.165) is 19.6 Å². The minimum atomic E-state index is 0.321. The molecule has 0 amide bonds. The van der Waals surface area contributed by atoms with Gasteiger partial charge in [0.25, 0.3) is 0 Å². The number of fused-ring (bicyclic) bond motifs is 1. The molecular formula is C14H27NO. The van der Waals surface area contributed by atoms with Gasteiger partial charge in [0.15, 0.2) is 0 Å². The Balaban J connectivity index is 0.000000606. The van der Waals surface area contributed by atoms with E-state index in [4.69, 9.17) is 4.74 Å². The summed E-state index contributed by atoms with van der Waals surface area (Å²) in [5, 5.41) is 0. The highest BCUT2D eigenvalue weighted by Gasteiger charge is 2.45. The van der Waals surface area contributed by atoms with Gasteiger partial charge in [0.1, 0.15) is 0 Å². The standard InChI is InChI=1S/C12H21NO.C2H6/c1-10(2)14-9-12-5-4-6-13(12)8-11(3)7-12;1-2/h10H,3-9H2,1-2H3;1-2H3. The monoisotopic (exact) mass is 225 g/mol. The molecule has 2 nitrogen and oxygen atoms in total. The molecule has 2 heterocycles. The van der Waals surface area contributed by atoms with Crippen molar-refractivity contribution in [2.24, 2.45) is 0 Å². The summed E-state index contributed by atoms with van der Waals surface area (Å²) in [6.07, 6.45) is 4.12. The zero-order valence-corrected chi connectivity index (χ0v) is 11.4. The summed E-state index contributed by atoms with van der Waals surface area (Å²) in [4.78, 5) is 2.57. The number of nitrogens with zero attached hydrogens (tertiary/aromatic N) is 1. The van der Waals surface area contributed by atoms with E-state index in [9.17, 15) is 0 Å². The van der Waals surface area contributed by atoms with Crippen molar-refractivity contribution in [3.05, 3.63) is 12.2 Å². The van der Waals surface area contributed by atoms with Crippen molar-refractivity contribution in [3.8, 4) is 0 Å². The predicted molar refractivity (Wildman–Crippen MR) is 69.7 cm³/mol. The quantitative estimate of drug-likeness (QED) is 0.684. The maximum Gasteiger partial charge on any atom is 0.0657 e. The summed E-state index contributed by atoms with van der Waals surface area (Å²) in [6.45, 7) is 15.6. The maximum absolute atomic E-state index is 5.80. The van der Waals surface area contributed by atoms with Gasteiger partial charge >= 0.3 is 0 Å². The lowest BCUT2D eigenvalue weighted by atomic mass is 9.94. The third-order valence-corrected chi connectivity index (χ3v) is 3.42. The van der Waals surface area contributed by atoms with Crippen LogP contribution in [0.4, 0.5) is 0 Å². The number of hydrogen-bond donors (Lipinski definition) is 0. The van der Waals surface area contributed by atoms with E-state index in [1.54, 1.807) is 0 Å². The first-order chi connectivity index (χ1) is 7.62. The molecule has 2 heteroatoms. The van der Waals surface area contributed by atoms with E-state index in [1.807, 2.05) is 13.8 Å². The van der Waals surface area contributed by atoms with Crippen LogP contribution in [0.25, 0.3) is 0 Å². The fourth-order valence-electron chi connectivity index (χ4n) is 2.77. The Morgan fingerprint density at radius 2 is 2.12 bits per heavy atom. The molecule has 0 aromatic rings. The molecule has 0 aromatic carbocycles. The second kappa shape index (κ2) is 5.83. The molecule has 0 saturated carbocycles. The van der Waals surface area contributed by atoms with Crippen molar-refractivity contribution in [1.29, 1.82) is 0 Å². The smallest absolute Gasteiger partial charge is 0.0657 e. The van der Waals surface area contributed by atoms with Gasteiger partial charge in [-0.1, -0.05) is 26.0 Å². The van der Waals surface area contributed by atoms with E-state index in [-0.39, 0.29) is 0 Å². The van der Waals surface area contributed by atoms with Crippen molar-refractivity contribution in [2.45, 2.75) is 58.6 Å². The Hall–Kier alpha value is -0.340. The summed E-state index contributed by atoms with van der Waals surface area (Å²) in [7, 11) is 0. The molecule has 1 unspecified atom stereocenters. The van der Waals surface area contributed by atoms with Gasteiger partial charge in [0.2, 0.25) is 0 Å². The third-order valence-electron chi connectivity index (χ3n) is 3.42. The summed E-state index contributed by atoms with van der Waals surface area (Å²) >= 11 is 0. The van der Waals surface area contributed by atoms with Crippen LogP contribution in [0.2, 0.25) is 0 Å². The highest BCUT2D eigenvalue weighted by Crippen LogP contribution is 2.40. The van der Waals surface area contributed by atoms with Gasteiger partial charge in [-0.15, -0.1) is 0 Å². The van der Waals surface area contributed by atoms with E-state index >= 15 is 0 Å². The zero-order chi connectivity index (χ0) is 12.2. The minimum absolute atomic E-state index is 0.321. The predicted octanol–water partition coefficient (Wildman–Crippen LogP) is 3.23. The Morgan fingerprint density at radius 1 is 1.44 bits per heavy atom. The normalized spacial score (nSPS) is 29.2. The number of hydrogen-bond acceptors (Lipinski definition) is 2. The zero-order valence-electron chi connectivity index (χ0n) is 11.4. The second-order valence-corrected chi connectivity index (χ2v) is 5.04. The molecule has 0 bridgehead atoms. The van der Waals surface area contributed by atoms with Crippen molar-refractivity contribution in [2.75, 3.05) is 19.7 Å². The summed E-state index contributed by atoms with van der Waals surface area (Å²) in [6, 6.07) is 0. The fourth-order valence-corrected chi connectivity index (χ4v) is 2.77. The Morgan fingerprint density at radius 3 is 2.75 bits per heavy atom. The average Bonchev–Trinajstić information content (AvgIpc) is 2.74. The van der Waals surface area contributed by atoms with E-state index in [1.165, 1.54) is 25.0 Å². The summed E-state index contributed by atoms with van der Waals surface area (Å²) < 4.78 is 5.80. The molecule has 2 fully saturated rings. The van der Waals surface area contributed by atoms with Crippen molar-refractivity contribution >= 4 is 0 Å². The first-order valence-electron chi connectivity index (χ1n) is 6.66. The molecule has 0 radical (unpaired) electrons. The van der Waals surface area contributed by atoms with E-state index < -0.39 is 0 Å². The molecule has 0 aromatic heterocycles. The highest BCUT2D eigenvalue weighted by molar-refractivity contribution is 5.17. The molecule has 2 aliphatic heterocycles. The van der Waals surface area contributed by atoms with Crippen LogP contribution in [0.3, 0.4) is 0 Å². The molecule has 0 spiro atoms. The lowest BCUT2D eigenvalue weighted by Crippen LogP contribution is -2.43. The van der Waals surface area contributed by atoms with E-state index in [0.29, 0.717) is 11.6 Å². The molecule has 1 atom stereocenters. The van der Waals surface area contributed by atoms with Crippen LogP contribution in [0.5, 0.6) is 0 Å². The minimum Gasteiger partial charge on any atom is -0.377 e. The molecule has 94 valence electrons. The van der Waals surface area contributed by atoms with Gasteiger partial charge in [0, 0.05) is 12.1 Å². The van der Waals surface area contributed by atoms with Crippen LogP contribution < -0.4 is 0 Å². The van der Waals surface area contributed by atoms with Crippen LogP contribution in [-0.4, -0.2) is 36.2 Å². The molecular weight excluding hydrogens is 198 g/mol. The first-order valence-corrected chi connectivity index (χ1v) is 6.66.